The third-order valence-corrected chi connectivity index (χ3v) is 2.73. The van der Waals surface area contributed by atoms with E-state index in [0.717, 1.165) is 25.9 Å². The summed E-state index contributed by atoms with van der Waals surface area (Å²) in [6.45, 7) is 1.91. The number of nitro groups is 1. The average molecular weight is 237 g/mol. The zero-order valence-corrected chi connectivity index (χ0v) is 9.43. The van der Waals surface area contributed by atoms with E-state index in [0.29, 0.717) is 5.82 Å². The monoisotopic (exact) mass is 237 g/mol. The lowest BCUT2D eigenvalue weighted by Crippen LogP contribution is -2.35. The molecule has 1 aliphatic rings. The maximum atomic E-state index is 10.6. The highest BCUT2D eigenvalue weighted by molar-refractivity contribution is 5.56. The zero-order valence-electron chi connectivity index (χ0n) is 9.43. The molecule has 2 rings (SSSR count). The van der Waals surface area contributed by atoms with Gasteiger partial charge in [0.25, 0.3) is 0 Å². The highest BCUT2D eigenvalue weighted by atomic mass is 16.6. The molecule has 7 heteroatoms. The Morgan fingerprint density at radius 3 is 2.65 bits per heavy atom. The molecule has 0 spiro atoms. The predicted octanol–water partition coefficient (Wildman–Crippen LogP) is 1.38. The standard InChI is InChI=1S/C10H15N5O2/c11-10-8(15(16)17)4-5-9(12-10)13-14-6-2-1-3-7-14/h4-5H,1-3,6-7H2,(H3,11,12,13). The molecule has 0 aromatic carbocycles. The normalized spacial score (nSPS) is 16.7. The Balaban J connectivity index is 2.06. The van der Waals surface area contributed by atoms with Gasteiger partial charge in [0.05, 0.1) is 4.92 Å². The topological polar surface area (TPSA) is 97.3 Å². The molecular formula is C10H15N5O2. The molecule has 0 atom stereocenters. The summed E-state index contributed by atoms with van der Waals surface area (Å²) in [4.78, 5) is 14.0. The van der Waals surface area contributed by atoms with E-state index in [1.165, 1.54) is 12.5 Å². The van der Waals surface area contributed by atoms with Crippen molar-refractivity contribution in [2.75, 3.05) is 24.2 Å². The van der Waals surface area contributed by atoms with E-state index >= 15 is 0 Å². The van der Waals surface area contributed by atoms with E-state index in [1.54, 1.807) is 6.07 Å². The van der Waals surface area contributed by atoms with Gasteiger partial charge in [0.15, 0.2) is 0 Å². The number of nitrogens with one attached hydrogen (secondary N) is 1. The summed E-state index contributed by atoms with van der Waals surface area (Å²) in [6, 6.07) is 2.94. The van der Waals surface area contributed by atoms with E-state index in [4.69, 9.17) is 5.73 Å². The molecule has 1 fully saturated rings. The molecule has 1 aliphatic heterocycles. The van der Waals surface area contributed by atoms with Crippen LogP contribution in [0, 0.1) is 10.1 Å². The number of hydrogen-bond acceptors (Lipinski definition) is 6. The van der Waals surface area contributed by atoms with Gasteiger partial charge < -0.3 is 11.2 Å². The summed E-state index contributed by atoms with van der Waals surface area (Å²) in [5.74, 6) is 0.493. The van der Waals surface area contributed by atoms with Crippen molar-refractivity contribution in [1.82, 2.24) is 9.99 Å². The maximum Gasteiger partial charge on any atom is 0.311 e. The second-order valence-electron chi connectivity index (χ2n) is 4.02. The summed E-state index contributed by atoms with van der Waals surface area (Å²) in [5.41, 5.74) is 8.47. The molecule has 92 valence electrons. The Hall–Kier alpha value is -1.89. The molecule has 0 aliphatic carbocycles. The van der Waals surface area contributed by atoms with Crippen LogP contribution in [0.3, 0.4) is 0 Å². The number of rotatable bonds is 3. The maximum absolute atomic E-state index is 10.6. The third-order valence-electron chi connectivity index (χ3n) is 2.73. The van der Waals surface area contributed by atoms with Crippen molar-refractivity contribution >= 4 is 17.3 Å². The zero-order chi connectivity index (χ0) is 12.3. The molecule has 7 nitrogen and oxygen atoms in total. The van der Waals surface area contributed by atoms with Crippen molar-refractivity contribution < 1.29 is 4.92 Å². The molecule has 0 unspecified atom stereocenters. The van der Waals surface area contributed by atoms with E-state index < -0.39 is 4.92 Å². The highest BCUT2D eigenvalue weighted by Crippen LogP contribution is 2.21. The van der Waals surface area contributed by atoms with Crippen molar-refractivity contribution in [1.29, 1.82) is 0 Å². The number of nitrogen functional groups attached to an aromatic ring is 1. The van der Waals surface area contributed by atoms with Gasteiger partial charge in [0.2, 0.25) is 5.82 Å². The quantitative estimate of drug-likeness (QED) is 0.609. The predicted molar refractivity (Wildman–Crippen MR) is 64.4 cm³/mol. The molecule has 2 heterocycles. The minimum absolute atomic E-state index is 0.0583. The molecule has 0 saturated carbocycles. The van der Waals surface area contributed by atoms with Crippen molar-refractivity contribution in [3.05, 3.63) is 22.2 Å². The second-order valence-corrected chi connectivity index (χ2v) is 4.02. The van der Waals surface area contributed by atoms with Crippen molar-refractivity contribution in [3.63, 3.8) is 0 Å². The summed E-state index contributed by atoms with van der Waals surface area (Å²) < 4.78 is 0. The van der Waals surface area contributed by atoms with Crippen LogP contribution in [0.4, 0.5) is 17.3 Å². The minimum Gasteiger partial charge on any atom is -0.378 e. The summed E-state index contributed by atoms with van der Waals surface area (Å²) in [6.07, 6.45) is 3.54. The number of hydrazine groups is 1. The van der Waals surface area contributed by atoms with Crippen molar-refractivity contribution in [2.24, 2.45) is 0 Å². The van der Waals surface area contributed by atoms with Crippen molar-refractivity contribution in [2.45, 2.75) is 19.3 Å². The number of piperidine rings is 1. The van der Waals surface area contributed by atoms with E-state index in [2.05, 4.69) is 15.4 Å². The Morgan fingerprint density at radius 2 is 2.06 bits per heavy atom. The number of aromatic nitrogens is 1. The number of anilines is 2. The van der Waals surface area contributed by atoms with Gasteiger partial charge in [-0.25, -0.2) is 9.99 Å². The molecule has 3 N–H and O–H groups in total. The number of pyridine rings is 1. The first kappa shape index (κ1) is 11.6. The van der Waals surface area contributed by atoms with E-state index in [-0.39, 0.29) is 11.5 Å². The van der Waals surface area contributed by atoms with Crippen LogP contribution in [0.5, 0.6) is 0 Å². The molecule has 0 bridgehead atoms. The van der Waals surface area contributed by atoms with Crippen LogP contribution >= 0.6 is 0 Å². The third kappa shape index (κ3) is 2.82. The fraction of sp³-hybridized carbons (Fsp3) is 0.500. The van der Waals surface area contributed by atoms with Crippen LogP contribution in [0.2, 0.25) is 0 Å². The summed E-state index contributed by atoms with van der Waals surface area (Å²) >= 11 is 0. The van der Waals surface area contributed by atoms with Crippen LogP contribution < -0.4 is 11.2 Å². The van der Waals surface area contributed by atoms with Gasteiger partial charge in [-0.1, -0.05) is 6.42 Å². The lowest BCUT2D eigenvalue weighted by atomic mass is 10.2. The molecule has 1 saturated heterocycles. The van der Waals surface area contributed by atoms with Crippen LogP contribution in [-0.4, -0.2) is 28.0 Å². The molecule has 0 amide bonds. The van der Waals surface area contributed by atoms with E-state index in [1.807, 2.05) is 0 Å². The largest absolute Gasteiger partial charge is 0.378 e. The summed E-state index contributed by atoms with van der Waals surface area (Å²) in [5, 5.41) is 12.6. The Labute approximate surface area is 98.7 Å². The molecule has 1 aromatic rings. The fourth-order valence-corrected chi connectivity index (χ4v) is 1.85. The first-order valence-corrected chi connectivity index (χ1v) is 5.59. The van der Waals surface area contributed by atoms with Crippen molar-refractivity contribution in [3.8, 4) is 0 Å². The van der Waals surface area contributed by atoms with Gasteiger partial charge in [-0.05, 0) is 18.9 Å². The highest BCUT2D eigenvalue weighted by Gasteiger charge is 2.15. The SMILES string of the molecule is Nc1nc(NN2CCCCC2)ccc1[N+](=O)[O-]. The molecule has 17 heavy (non-hydrogen) atoms. The van der Waals surface area contributed by atoms with Crippen LogP contribution in [-0.2, 0) is 0 Å². The first-order chi connectivity index (χ1) is 8.16. The lowest BCUT2D eigenvalue weighted by Gasteiger charge is -2.27. The minimum atomic E-state index is -0.535. The van der Waals surface area contributed by atoms with Crippen LogP contribution in [0.15, 0.2) is 12.1 Å². The Morgan fingerprint density at radius 1 is 1.35 bits per heavy atom. The van der Waals surface area contributed by atoms with Gasteiger partial charge in [0.1, 0.15) is 5.82 Å². The van der Waals surface area contributed by atoms with Gasteiger partial charge in [-0.2, -0.15) is 0 Å². The van der Waals surface area contributed by atoms with E-state index in [9.17, 15) is 10.1 Å². The van der Waals surface area contributed by atoms with Gasteiger partial charge in [-0.3, -0.25) is 10.1 Å². The average Bonchev–Trinajstić information content (AvgIpc) is 2.30. The smallest absolute Gasteiger partial charge is 0.311 e. The van der Waals surface area contributed by atoms with Gasteiger partial charge in [-0.15, -0.1) is 0 Å². The van der Waals surface area contributed by atoms with Gasteiger partial charge in [0, 0.05) is 19.2 Å². The van der Waals surface area contributed by atoms with Crippen LogP contribution in [0.1, 0.15) is 19.3 Å². The number of hydrogen-bond donors (Lipinski definition) is 2. The van der Waals surface area contributed by atoms with Gasteiger partial charge >= 0.3 is 5.69 Å². The molecule has 1 aromatic heterocycles. The fourth-order valence-electron chi connectivity index (χ4n) is 1.85. The Bertz CT molecular complexity index is 417. The Kier molecular flexibility index (Phi) is 3.38. The number of nitrogens with zero attached hydrogens (tertiary/aromatic N) is 3. The molecular weight excluding hydrogens is 222 g/mol. The first-order valence-electron chi connectivity index (χ1n) is 5.59. The number of nitrogens with two attached hydrogens (primary N) is 1. The lowest BCUT2D eigenvalue weighted by molar-refractivity contribution is -0.384. The summed E-state index contributed by atoms with van der Waals surface area (Å²) in [7, 11) is 0. The molecule has 0 radical (unpaired) electrons. The second kappa shape index (κ2) is 4.96. The van der Waals surface area contributed by atoms with Crippen LogP contribution in [0.25, 0.3) is 0 Å².